The summed E-state index contributed by atoms with van der Waals surface area (Å²) in [5, 5.41) is 13.7. The number of aliphatic hydroxyl groups is 1. The van der Waals surface area contributed by atoms with Crippen LogP contribution in [-0.4, -0.2) is 32.0 Å². The average Bonchev–Trinajstić information content (AvgIpc) is 2.62. The Morgan fingerprint density at radius 2 is 2.17 bits per heavy atom. The summed E-state index contributed by atoms with van der Waals surface area (Å²) in [5.74, 6) is 1.62. The normalized spacial score (nSPS) is 14.4. The van der Waals surface area contributed by atoms with E-state index < -0.39 is 0 Å². The van der Waals surface area contributed by atoms with Gasteiger partial charge in [-0.2, -0.15) is 0 Å². The van der Waals surface area contributed by atoms with E-state index in [9.17, 15) is 5.11 Å². The Labute approximate surface area is 146 Å². The molecule has 4 nitrogen and oxygen atoms in total. The third-order valence-electron chi connectivity index (χ3n) is 4.00. The number of halogens is 1. The Morgan fingerprint density at radius 1 is 1.29 bits per heavy atom. The summed E-state index contributed by atoms with van der Waals surface area (Å²) in [5.41, 5.74) is 3.07. The van der Waals surface area contributed by atoms with Gasteiger partial charge in [-0.3, -0.25) is 0 Å². The van der Waals surface area contributed by atoms with Crippen molar-refractivity contribution >= 4 is 17.7 Å². The first-order chi connectivity index (χ1) is 11.7. The summed E-state index contributed by atoms with van der Waals surface area (Å²) in [7, 11) is 1.63. The van der Waals surface area contributed by atoms with E-state index in [0.717, 1.165) is 28.2 Å². The number of methoxy groups -OCH3 is 1. The number of rotatable bonds is 6. The van der Waals surface area contributed by atoms with Crippen molar-refractivity contribution in [1.29, 1.82) is 0 Å². The fraction of sp³-hybridized carbons (Fsp3) is 0.263. The van der Waals surface area contributed by atoms with E-state index in [-0.39, 0.29) is 12.6 Å². The van der Waals surface area contributed by atoms with Gasteiger partial charge in [0, 0.05) is 17.1 Å². The van der Waals surface area contributed by atoms with Crippen LogP contribution in [0, 0.1) is 0 Å². The number of nitrogens with one attached hydrogen (secondary N) is 1. The first-order valence-electron chi connectivity index (χ1n) is 7.79. The number of benzene rings is 2. The van der Waals surface area contributed by atoms with E-state index in [1.165, 1.54) is 0 Å². The second-order valence-electron chi connectivity index (χ2n) is 5.67. The Bertz CT molecular complexity index is 745. The lowest BCUT2D eigenvalue weighted by atomic mass is 10.0. The quantitative estimate of drug-likeness (QED) is 0.842. The Morgan fingerprint density at radius 3 is 2.96 bits per heavy atom. The molecule has 2 aromatic rings. The number of fused-ring (bicyclic) bond motifs is 1. The summed E-state index contributed by atoms with van der Waals surface area (Å²) in [6.45, 7) is 1.15. The van der Waals surface area contributed by atoms with Crippen LogP contribution in [-0.2, 0) is 0 Å². The Balaban J connectivity index is 1.70. The van der Waals surface area contributed by atoms with E-state index >= 15 is 0 Å². The summed E-state index contributed by atoms with van der Waals surface area (Å²) in [6, 6.07) is 13.1. The van der Waals surface area contributed by atoms with Gasteiger partial charge in [0.15, 0.2) is 0 Å². The van der Waals surface area contributed by atoms with Crippen LogP contribution < -0.4 is 14.8 Å². The van der Waals surface area contributed by atoms with Crippen molar-refractivity contribution in [3.05, 3.63) is 64.2 Å². The molecule has 0 saturated carbocycles. The lowest BCUT2D eigenvalue weighted by molar-refractivity contribution is 0.245. The number of ether oxygens (including phenoxy) is 2. The molecule has 0 spiro atoms. The van der Waals surface area contributed by atoms with Gasteiger partial charge in [0.05, 0.1) is 19.8 Å². The van der Waals surface area contributed by atoms with Gasteiger partial charge in [-0.05, 0) is 47.5 Å². The van der Waals surface area contributed by atoms with Gasteiger partial charge in [0.25, 0.3) is 0 Å². The predicted octanol–water partition coefficient (Wildman–Crippen LogP) is 3.45. The summed E-state index contributed by atoms with van der Waals surface area (Å²) in [6.07, 6.45) is 2.08. The van der Waals surface area contributed by atoms with E-state index in [2.05, 4.69) is 11.4 Å². The third kappa shape index (κ3) is 3.90. The smallest absolute Gasteiger partial charge is 0.127 e. The van der Waals surface area contributed by atoms with Crippen LogP contribution in [0.3, 0.4) is 0 Å². The highest BCUT2D eigenvalue weighted by Crippen LogP contribution is 2.29. The van der Waals surface area contributed by atoms with Crippen LogP contribution in [0.2, 0.25) is 5.02 Å². The third-order valence-corrected chi connectivity index (χ3v) is 4.23. The van der Waals surface area contributed by atoms with Gasteiger partial charge < -0.3 is 19.9 Å². The standard InChI is InChI=1S/C19H20ClNO3/c1-23-17-4-2-3-14(9-17)18(11-22)21-10-13-7-15-8-16(20)5-6-19(15)24-12-13/h2-9,18,21-22H,10-12H2,1H3. The molecule has 0 radical (unpaired) electrons. The monoisotopic (exact) mass is 345 g/mol. The maximum absolute atomic E-state index is 9.70. The zero-order chi connectivity index (χ0) is 16.9. The molecule has 0 aliphatic carbocycles. The van der Waals surface area contributed by atoms with Gasteiger partial charge in [-0.1, -0.05) is 23.7 Å². The number of aliphatic hydroxyl groups excluding tert-OH is 1. The zero-order valence-corrected chi connectivity index (χ0v) is 14.2. The van der Waals surface area contributed by atoms with Crippen molar-refractivity contribution in [3.63, 3.8) is 0 Å². The SMILES string of the molecule is COc1cccc(C(CO)NCC2=Cc3cc(Cl)ccc3OC2)c1. The highest BCUT2D eigenvalue weighted by molar-refractivity contribution is 6.30. The van der Waals surface area contributed by atoms with Crippen molar-refractivity contribution < 1.29 is 14.6 Å². The second-order valence-corrected chi connectivity index (χ2v) is 6.10. The molecule has 2 aromatic carbocycles. The lowest BCUT2D eigenvalue weighted by Gasteiger charge is -2.22. The van der Waals surface area contributed by atoms with Crippen LogP contribution in [0.25, 0.3) is 6.08 Å². The molecule has 0 saturated heterocycles. The van der Waals surface area contributed by atoms with E-state index in [1.54, 1.807) is 7.11 Å². The molecule has 3 rings (SSSR count). The fourth-order valence-electron chi connectivity index (χ4n) is 2.70. The molecule has 126 valence electrons. The van der Waals surface area contributed by atoms with Gasteiger partial charge in [0.2, 0.25) is 0 Å². The lowest BCUT2D eigenvalue weighted by Crippen LogP contribution is -2.28. The predicted molar refractivity (Wildman–Crippen MR) is 95.7 cm³/mol. The van der Waals surface area contributed by atoms with E-state index in [1.807, 2.05) is 42.5 Å². The fourth-order valence-corrected chi connectivity index (χ4v) is 2.88. The molecule has 1 unspecified atom stereocenters. The van der Waals surface area contributed by atoms with Crippen molar-refractivity contribution in [2.75, 3.05) is 26.9 Å². The molecule has 0 amide bonds. The Hall–Kier alpha value is -2.01. The molecule has 1 atom stereocenters. The van der Waals surface area contributed by atoms with Gasteiger partial charge in [-0.25, -0.2) is 0 Å². The second kappa shape index (κ2) is 7.71. The number of hydrogen-bond acceptors (Lipinski definition) is 4. The van der Waals surface area contributed by atoms with Gasteiger partial charge in [-0.15, -0.1) is 0 Å². The molecule has 1 aliphatic rings. The first kappa shape index (κ1) is 16.8. The van der Waals surface area contributed by atoms with Gasteiger partial charge >= 0.3 is 0 Å². The van der Waals surface area contributed by atoms with Gasteiger partial charge in [0.1, 0.15) is 18.1 Å². The minimum Gasteiger partial charge on any atom is -0.497 e. The molecule has 0 fully saturated rings. The van der Waals surface area contributed by atoms with E-state index in [4.69, 9.17) is 21.1 Å². The first-order valence-corrected chi connectivity index (χ1v) is 8.17. The average molecular weight is 346 g/mol. The molecule has 1 heterocycles. The summed E-state index contributed by atoms with van der Waals surface area (Å²) in [4.78, 5) is 0. The highest BCUT2D eigenvalue weighted by atomic mass is 35.5. The minimum absolute atomic E-state index is 0.00369. The van der Waals surface area contributed by atoms with Crippen molar-refractivity contribution in [3.8, 4) is 11.5 Å². The van der Waals surface area contributed by atoms with Crippen LogP contribution in [0.5, 0.6) is 11.5 Å². The molecule has 2 N–H and O–H groups in total. The van der Waals surface area contributed by atoms with Crippen LogP contribution in [0.1, 0.15) is 17.2 Å². The van der Waals surface area contributed by atoms with E-state index in [0.29, 0.717) is 18.2 Å². The maximum atomic E-state index is 9.70. The van der Waals surface area contributed by atoms with Crippen molar-refractivity contribution in [1.82, 2.24) is 5.32 Å². The molecular formula is C19H20ClNO3. The van der Waals surface area contributed by atoms with Crippen molar-refractivity contribution in [2.24, 2.45) is 0 Å². The molecule has 5 heteroatoms. The largest absolute Gasteiger partial charge is 0.497 e. The summed E-state index contributed by atoms with van der Waals surface area (Å²) >= 11 is 6.04. The molecule has 0 aromatic heterocycles. The topological polar surface area (TPSA) is 50.7 Å². The molecule has 1 aliphatic heterocycles. The van der Waals surface area contributed by atoms with Crippen LogP contribution in [0.15, 0.2) is 48.0 Å². The molecule has 0 bridgehead atoms. The summed E-state index contributed by atoms with van der Waals surface area (Å²) < 4.78 is 11.0. The Kier molecular flexibility index (Phi) is 5.41. The molecule has 24 heavy (non-hydrogen) atoms. The molecular weight excluding hydrogens is 326 g/mol. The van der Waals surface area contributed by atoms with Crippen LogP contribution >= 0.6 is 11.6 Å². The minimum atomic E-state index is -0.165. The number of hydrogen-bond donors (Lipinski definition) is 2. The zero-order valence-electron chi connectivity index (χ0n) is 13.5. The van der Waals surface area contributed by atoms with Crippen molar-refractivity contribution in [2.45, 2.75) is 6.04 Å². The maximum Gasteiger partial charge on any atom is 0.127 e. The highest BCUT2D eigenvalue weighted by Gasteiger charge is 2.15. The van der Waals surface area contributed by atoms with Crippen LogP contribution in [0.4, 0.5) is 0 Å².